The number of anilines is 1. The van der Waals surface area contributed by atoms with E-state index in [1.165, 1.54) is 55.7 Å². The van der Waals surface area contributed by atoms with Crippen LogP contribution in [0.2, 0.25) is 5.02 Å². The zero-order valence-corrected chi connectivity index (χ0v) is 21.6. The number of para-hydroxylation sites is 1. The highest BCUT2D eigenvalue weighted by atomic mass is 35.5. The van der Waals surface area contributed by atoms with Gasteiger partial charge in [-0.2, -0.15) is 8.42 Å². The number of benzene rings is 3. The Balaban J connectivity index is 1.78. The van der Waals surface area contributed by atoms with E-state index in [-0.39, 0.29) is 39.1 Å². The van der Waals surface area contributed by atoms with Gasteiger partial charge in [0.25, 0.3) is 11.8 Å². The van der Waals surface area contributed by atoms with E-state index < -0.39 is 28.0 Å². The smallest absolute Gasteiger partial charge is 0.339 e. The fraction of sp³-hybridized carbons (Fsp3) is 0.0741. The maximum atomic E-state index is 13.2. The van der Waals surface area contributed by atoms with Gasteiger partial charge in [0.05, 0.1) is 17.8 Å². The van der Waals surface area contributed by atoms with Gasteiger partial charge in [0, 0.05) is 5.56 Å². The van der Waals surface area contributed by atoms with Crippen LogP contribution in [-0.2, 0) is 26.1 Å². The molecule has 0 aliphatic carbocycles. The summed E-state index contributed by atoms with van der Waals surface area (Å²) in [4.78, 5) is 39.1. The molecule has 3 aromatic rings. The maximum Gasteiger partial charge on any atom is 0.339 e. The molecule has 0 saturated carbocycles. The number of imide groups is 2. The number of amides is 4. The molecule has 194 valence electrons. The van der Waals surface area contributed by atoms with Crippen molar-refractivity contribution in [1.29, 1.82) is 0 Å². The molecule has 9 nitrogen and oxygen atoms in total. The van der Waals surface area contributed by atoms with E-state index >= 15 is 0 Å². The van der Waals surface area contributed by atoms with E-state index in [1.54, 1.807) is 30.3 Å². The fourth-order valence-electron chi connectivity index (χ4n) is 3.74. The molecule has 38 heavy (non-hydrogen) atoms. The molecule has 4 rings (SSSR count). The normalized spacial score (nSPS) is 14.8. The van der Waals surface area contributed by atoms with Crippen LogP contribution in [0.3, 0.4) is 0 Å². The molecule has 4 amide bonds. The number of halogens is 1. The quantitative estimate of drug-likeness (QED) is 0.189. The van der Waals surface area contributed by atoms with Crippen LogP contribution >= 0.6 is 11.6 Å². The minimum absolute atomic E-state index is 0.0402. The molecule has 1 saturated heterocycles. The first kappa shape index (κ1) is 26.6. The van der Waals surface area contributed by atoms with E-state index in [1.807, 2.05) is 0 Å². The Bertz CT molecular complexity index is 1580. The molecule has 0 spiro atoms. The van der Waals surface area contributed by atoms with E-state index in [9.17, 15) is 22.8 Å². The Kier molecular flexibility index (Phi) is 7.65. The number of carbonyl (C=O) groups excluding carboxylic acids is 3. The SMILES string of the molecule is C=CCc1cc(/C=C2\C(=O)NC(=O)N(c3ccccc3Cl)C2=O)cc(OC)c1OS(=O)(=O)c1ccccc1. The van der Waals surface area contributed by atoms with Gasteiger partial charge in [0.1, 0.15) is 10.5 Å². The summed E-state index contributed by atoms with van der Waals surface area (Å²) in [5, 5.41) is 2.27. The summed E-state index contributed by atoms with van der Waals surface area (Å²) in [5.41, 5.74) is 0.445. The van der Waals surface area contributed by atoms with Crippen LogP contribution in [0, 0.1) is 0 Å². The second-order valence-electron chi connectivity index (χ2n) is 7.96. The van der Waals surface area contributed by atoms with Crippen LogP contribution in [0.5, 0.6) is 11.5 Å². The third-order valence-corrected chi connectivity index (χ3v) is 7.02. The topological polar surface area (TPSA) is 119 Å². The predicted molar refractivity (Wildman–Crippen MR) is 142 cm³/mol. The number of hydrogen-bond donors (Lipinski definition) is 1. The number of urea groups is 1. The molecule has 1 N–H and O–H groups in total. The Hall–Kier alpha value is -4.41. The highest BCUT2D eigenvalue weighted by Gasteiger charge is 2.37. The lowest BCUT2D eigenvalue weighted by Gasteiger charge is -2.27. The van der Waals surface area contributed by atoms with Gasteiger partial charge in [0.15, 0.2) is 11.5 Å². The number of ether oxygens (including phenoxy) is 1. The average molecular weight is 553 g/mol. The van der Waals surface area contributed by atoms with Crippen LogP contribution in [0.25, 0.3) is 6.08 Å². The molecule has 11 heteroatoms. The lowest BCUT2D eigenvalue weighted by molar-refractivity contribution is -0.122. The summed E-state index contributed by atoms with van der Waals surface area (Å²) in [5.74, 6) is -1.81. The number of nitrogens with one attached hydrogen (secondary N) is 1. The van der Waals surface area contributed by atoms with Gasteiger partial charge in [-0.05, 0) is 54.5 Å². The van der Waals surface area contributed by atoms with Gasteiger partial charge >= 0.3 is 16.1 Å². The second-order valence-corrected chi connectivity index (χ2v) is 9.92. The van der Waals surface area contributed by atoms with Crippen LogP contribution in [0.1, 0.15) is 11.1 Å². The number of hydrogen-bond acceptors (Lipinski definition) is 7. The van der Waals surface area contributed by atoms with Gasteiger partial charge in [-0.1, -0.05) is 48.0 Å². The lowest BCUT2D eigenvalue weighted by atomic mass is 10.0. The summed E-state index contributed by atoms with van der Waals surface area (Å²) in [6.45, 7) is 3.70. The van der Waals surface area contributed by atoms with Gasteiger partial charge in [0.2, 0.25) is 0 Å². The zero-order valence-electron chi connectivity index (χ0n) is 20.0. The van der Waals surface area contributed by atoms with Crippen LogP contribution in [0.4, 0.5) is 10.5 Å². The van der Waals surface area contributed by atoms with E-state index in [0.717, 1.165) is 4.90 Å². The minimum atomic E-state index is -4.20. The Morgan fingerprint density at radius 1 is 1.03 bits per heavy atom. The highest BCUT2D eigenvalue weighted by Crippen LogP contribution is 2.37. The van der Waals surface area contributed by atoms with Gasteiger partial charge < -0.3 is 8.92 Å². The van der Waals surface area contributed by atoms with Crippen molar-refractivity contribution in [3.63, 3.8) is 0 Å². The van der Waals surface area contributed by atoms with E-state index in [2.05, 4.69) is 11.9 Å². The molecule has 0 unspecified atom stereocenters. The molecule has 1 heterocycles. The molecule has 1 aliphatic heterocycles. The first-order valence-electron chi connectivity index (χ1n) is 11.1. The number of nitrogens with zero attached hydrogens (tertiary/aromatic N) is 1. The monoisotopic (exact) mass is 552 g/mol. The van der Waals surface area contributed by atoms with Crippen LogP contribution < -0.4 is 19.1 Å². The molecule has 1 fully saturated rings. The van der Waals surface area contributed by atoms with Crippen molar-refractivity contribution in [2.45, 2.75) is 11.3 Å². The molecule has 1 aliphatic rings. The third-order valence-electron chi connectivity index (χ3n) is 5.47. The van der Waals surface area contributed by atoms with Crippen molar-refractivity contribution >= 4 is 51.3 Å². The Labute approximate surface area is 224 Å². The summed E-state index contributed by atoms with van der Waals surface area (Å²) >= 11 is 6.17. The molecule has 0 radical (unpaired) electrons. The Morgan fingerprint density at radius 2 is 1.71 bits per heavy atom. The number of allylic oxidation sites excluding steroid dienone is 1. The van der Waals surface area contributed by atoms with Gasteiger partial charge in [-0.25, -0.2) is 9.69 Å². The van der Waals surface area contributed by atoms with Crippen LogP contribution in [0.15, 0.2) is 89.9 Å². The standard InChI is InChI=1S/C27H21ClN2O7S/c1-3-9-18-14-17(16-23(36-2)24(18)37-38(34,35)19-10-5-4-6-11-19)15-20-25(31)29-27(33)30(26(20)32)22-13-8-7-12-21(22)28/h3-8,10-16H,1,9H2,2H3,(H,29,31,33)/b20-15+. The molecule has 0 aromatic heterocycles. The summed E-state index contributed by atoms with van der Waals surface area (Å²) < 4.78 is 36.6. The minimum Gasteiger partial charge on any atom is -0.493 e. The van der Waals surface area contributed by atoms with Gasteiger partial charge in [-0.15, -0.1) is 6.58 Å². The molecule has 0 bridgehead atoms. The summed E-state index contributed by atoms with van der Waals surface area (Å²) in [7, 11) is -2.88. The van der Waals surface area contributed by atoms with Crippen molar-refractivity contribution in [1.82, 2.24) is 5.32 Å². The zero-order chi connectivity index (χ0) is 27.4. The summed E-state index contributed by atoms with van der Waals surface area (Å²) in [6.07, 6.45) is 2.97. The third kappa shape index (κ3) is 5.31. The lowest BCUT2D eigenvalue weighted by Crippen LogP contribution is -2.54. The highest BCUT2D eigenvalue weighted by molar-refractivity contribution is 7.87. The average Bonchev–Trinajstić information content (AvgIpc) is 2.89. The molecule has 3 aromatic carbocycles. The number of barbiturate groups is 1. The number of methoxy groups -OCH3 is 1. The second kappa shape index (κ2) is 10.9. The number of rotatable bonds is 8. The van der Waals surface area contributed by atoms with E-state index in [4.69, 9.17) is 20.5 Å². The van der Waals surface area contributed by atoms with Gasteiger partial charge in [-0.3, -0.25) is 14.9 Å². The Morgan fingerprint density at radius 3 is 2.37 bits per heavy atom. The van der Waals surface area contributed by atoms with E-state index in [0.29, 0.717) is 11.1 Å². The van der Waals surface area contributed by atoms with Crippen LogP contribution in [-0.4, -0.2) is 33.4 Å². The predicted octanol–water partition coefficient (Wildman–Crippen LogP) is 4.51. The molecular formula is C27H21ClN2O7S. The first-order valence-corrected chi connectivity index (χ1v) is 12.9. The fourth-order valence-corrected chi connectivity index (χ4v) is 4.96. The largest absolute Gasteiger partial charge is 0.493 e. The first-order chi connectivity index (χ1) is 18.2. The van der Waals surface area contributed by atoms with Crippen molar-refractivity contribution in [3.8, 4) is 11.5 Å². The maximum absolute atomic E-state index is 13.2. The van der Waals surface area contributed by atoms with Crippen molar-refractivity contribution in [2.75, 3.05) is 12.0 Å². The molecule has 0 atom stereocenters. The van der Waals surface area contributed by atoms with Crippen molar-refractivity contribution in [3.05, 3.63) is 101 Å². The summed E-state index contributed by atoms with van der Waals surface area (Å²) in [6, 6.07) is 15.8. The number of carbonyl (C=O) groups is 3. The van der Waals surface area contributed by atoms with Crippen molar-refractivity contribution in [2.24, 2.45) is 0 Å². The molecular weight excluding hydrogens is 532 g/mol. The van der Waals surface area contributed by atoms with Crippen molar-refractivity contribution < 1.29 is 31.7 Å².